The summed E-state index contributed by atoms with van der Waals surface area (Å²) in [6, 6.07) is 27.7. The fraction of sp³-hybridized carbons (Fsp3) is 0.300. The molecule has 0 aromatic heterocycles. The summed E-state index contributed by atoms with van der Waals surface area (Å²) in [5.41, 5.74) is 2.46. The van der Waals surface area contributed by atoms with Crippen LogP contribution in [0.1, 0.15) is 65.2 Å². The molecular weight excluding hydrogens is 703 g/mol. The van der Waals surface area contributed by atoms with Gasteiger partial charge in [-0.1, -0.05) is 73.2 Å². The molecule has 4 amide bonds. The molecule has 0 heterocycles. The molecule has 0 saturated carbocycles. The molecule has 4 aromatic carbocycles. The van der Waals surface area contributed by atoms with E-state index in [1.54, 1.807) is 111 Å². The second-order valence-electron chi connectivity index (χ2n) is 12.2. The minimum absolute atomic E-state index is 0.0670. The van der Waals surface area contributed by atoms with E-state index in [0.717, 1.165) is 38.5 Å². The molecule has 0 spiro atoms. The van der Waals surface area contributed by atoms with Crippen LogP contribution in [-0.2, 0) is 19.2 Å². The summed E-state index contributed by atoms with van der Waals surface area (Å²) in [5.74, 6) is 0.0943. The maximum atomic E-state index is 12.5. The Labute approximate surface area is 314 Å². The molecule has 4 rings (SSSR count). The van der Waals surface area contributed by atoms with Gasteiger partial charge >= 0.3 is 0 Å². The van der Waals surface area contributed by atoms with E-state index in [2.05, 4.69) is 21.3 Å². The van der Waals surface area contributed by atoms with Gasteiger partial charge < -0.3 is 30.7 Å². The Bertz CT molecular complexity index is 1650. The molecule has 2 atom stereocenters. The van der Waals surface area contributed by atoms with Crippen molar-refractivity contribution in [2.24, 2.45) is 0 Å². The molecule has 0 aliphatic rings. The van der Waals surface area contributed by atoms with Crippen molar-refractivity contribution in [2.75, 3.05) is 21.3 Å². The molecule has 2 unspecified atom stereocenters. The van der Waals surface area contributed by atoms with Gasteiger partial charge in [0.15, 0.2) is 12.2 Å². The number of amides is 4. The third-order valence-corrected chi connectivity index (χ3v) is 8.57. The molecule has 0 aliphatic carbocycles. The number of unbranched alkanes of at least 4 members (excludes halogenated alkanes) is 5. The highest BCUT2D eigenvalue weighted by atomic mass is 35.5. The smallest absolute Gasteiger partial charge is 0.265 e. The molecule has 12 heteroatoms. The predicted molar refractivity (Wildman–Crippen MR) is 207 cm³/mol. The topological polar surface area (TPSA) is 135 Å². The highest BCUT2D eigenvalue weighted by Gasteiger charge is 2.17. The lowest BCUT2D eigenvalue weighted by Gasteiger charge is -2.15. The Balaban J connectivity index is 1.02. The van der Waals surface area contributed by atoms with Crippen molar-refractivity contribution in [1.29, 1.82) is 0 Å². The third kappa shape index (κ3) is 13.6. The van der Waals surface area contributed by atoms with E-state index in [1.807, 2.05) is 0 Å². The summed E-state index contributed by atoms with van der Waals surface area (Å²) >= 11 is 12.2. The maximum Gasteiger partial charge on any atom is 0.265 e. The molecule has 0 fully saturated rings. The quantitative estimate of drug-likeness (QED) is 0.0706. The molecule has 52 heavy (non-hydrogen) atoms. The fourth-order valence-corrected chi connectivity index (χ4v) is 5.42. The van der Waals surface area contributed by atoms with Gasteiger partial charge in [0.2, 0.25) is 11.8 Å². The maximum absolute atomic E-state index is 12.5. The van der Waals surface area contributed by atoms with Crippen molar-refractivity contribution >= 4 is 69.6 Å². The first-order valence-corrected chi connectivity index (χ1v) is 18.1. The molecule has 4 N–H and O–H groups in total. The van der Waals surface area contributed by atoms with Gasteiger partial charge in [-0.05, 0) is 99.5 Å². The second-order valence-corrected chi connectivity index (χ2v) is 13.0. The van der Waals surface area contributed by atoms with Crippen molar-refractivity contribution in [3.8, 4) is 11.5 Å². The normalized spacial score (nSPS) is 11.8. The lowest BCUT2D eigenvalue weighted by Crippen LogP contribution is -2.30. The van der Waals surface area contributed by atoms with E-state index in [0.29, 0.717) is 57.1 Å². The van der Waals surface area contributed by atoms with E-state index in [4.69, 9.17) is 32.7 Å². The number of halogens is 2. The predicted octanol–water partition coefficient (Wildman–Crippen LogP) is 9.50. The molecule has 0 aliphatic heterocycles. The van der Waals surface area contributed by atoms with Crippen LogP contribution < -0.4 is 30.7 Å². The molecule has 0 saturated heterocycles. The zero-order valence-corrected chi connectivity index (χ0v) is 30.8. The highest BCUT2D eigenvalue weighted by Crippen LogP contribution is 2.26. The van der Waals surface area contributed by atoms with Crippen LogP contribution in [0.25, 0.3) is 0 Å². The van der Waals surface area contributed by atoms with Crippen molar-refractivity contribution in [3.05, 3.63) is 107 Å². The lowest BCUT2D eigenvalue weighted by atomic mass is 10.1. The lowest BCUT2D eigenvalue weighted by molar-refractivity contribution is -0.122. The molecule has 4 aromatic rings. The first-order chi connectivity index (χ1) is 25.1. The highest BCUT2D eigenvalue weighted by molar-refractivity contribution is 6.32. The summed E-state index contributed by atoms with van der Waals surface area (Å²) < 4.78 is 11.3. The largest absolute Gasteiger partial charge is 0.479 e. The number of carbonyl (C=O) groups is 4. The molecule has 0 radical (unpaired) electrons. The number of nitrogens with one attached hydrogen (secondary N) is 4. The summed E-state index contributed by atoms with van der Waals surface area (Å²) in [5, 5.41) is 12.2. The monoisotopic (exact) mass is 746 g/mol. The van der Waals surface area contributed by atoms with Crippen molar-refractivity contribution in [2.45, 2.75) is 77.4 Å². The Hall–Kier alpha value is -5.06. The van der Waals surface area contributed by atoms with Gasteiger partial charge in [0.1, 0.15) is 11.5 Å². The third-order valence-electron chi connectivity index (χ3n) is 7.95. The van der Waals surface area contributed by atoms with E-state index >= 15 is 0 Å². The van der Waals surface area contributed by atoms with Crippen LogP contribution in [0.5, 0.6) is 11.5 Å². The standard InChI is InChI=1S/C40H44Cl2N4O6/c1-27(51-35-15-11-9-13-33(35)41)39(49)45-31-23-19-29(20-24-31)43-37(47)17-7-5-3-4-6-8-18-38(48)44-30-21-25-32(26-22-30)46-40(50)28(2)52-36-16-12-10-14-34(36)42/h9-16,19-28H,3-8,17-18H2,1-2H3,(H,43,47)(H,44,48)(H,45,49)(H,46,50). The SMILES string of the molecule is CC(Oc1ccccc1Cl)C(=O)Nc1ccc(NC(=O)CCCCCCCCC(=O)Nc2ccc(NC(=O)C(C)Oc3ccccc3Cl)cc2)cc1. The van der Waals surface area contributed by atoms with E-state index in [1.165, 1.54) is 0 Å². The van der Waals surface area contributed by atoms with Crippen LogP contribution >= 0.6 is 23.2 Å². The fourth-order valence-electron chi connectivity index (χ4n) is 5.06. The Morgan fingerprint density at radius 2 is 0.788 bits per heavy atom. The van der Waals surface area contributed by atoms with Crippen molar-refractivity contribution in [1.82, 2.24) is 0 Å². The number of ether oxygens (including phenoxy) is 2. The van der Waals surface area contributed by atoms with E-state index in [9.17, 15) is 19.2 Å². The van der Waals surface area contributed by atoms with Crippen molar-refractivity contribution in [3.63, 3.8) is 0 Å². The van der Waals surface area contributed by atoms with Gasteiger partial charge in [-0.25, -0.2) is 0 Å². The Morgan fingerprint density at radius 1 is 0.481 bits per heavy atom. The molecule has 0 bridgehead atoms. The van der Waals surface area contributed by atoms with E-state index in [-0.39, 0.29) is 23.6 Å². The number of hydrogen-bond acceptors (Lipinski definition) is 6. The van der Waals surface area contributed by atoms with Crippen LogP contribution in [-0.4, -0.2) is 35.8 Å². The minimum atomic E-state index is -0.754. The first-order valence-electron chi connectivity index (χ1n) is 17.3. The summed E-state index contributed by atoms with van der Waals surface area (Å²) in [4.78, 5) is 49.9. The van der Waals surface area contributed by atoms with Crippen LogP contribution in [0, 0.1) is 0 Å². The molecular formula is C40H44Cl2N4O6. The summed E-state index contributed by atoms with van der Waals surface area (Å²) in [6.45, 7) is 3.29. The summed E-state index contributed by atoms with van der Waals surface area (Å²) in [6.07, 6.45) is 4.67. The number of benzene rings is 4. The van der Waals surface area contributed by atoms with Gasteiger partial charge in [0.05, 0.1) is 10.0 Å². The zero-order chi connectivity index (χ0) is 37.3. The van der Waals surface area contributed by atoms with Crippen LogP contribution in [0.4, 0.5) is 22.7 Å². The van der Waals surface area contributed by atoms with Crippen LogP contribution in [0.2, 0.25) is 10.0 Å². The molecule has 274 valence electrons. The van der Waals surface area contributed by atoms with Gasteiger partial charge in [0, 0.05) is 35.6 Å². The van der Waals surface area contributed by atoms with Gasteiger partial charge in [-0.15, -0.1) is 0 Å². The van der Waals surface area contributed by atoms with Gasteiger partial charge in [-0.2, -0.15) is 0 Å². The van der Waals surface area contributed by atoms with Crippen LogP contribution in [0.3, 0.4) is 0 Å². The Morgan fingerprint density at radius 3 is 1.13 bits per heavy atom. The Kier molecular flexibility index (Phi) is 15.8. The number of hydrogen-bond donors (Lipinski definition) is 4. The minimum Gasteiger partial charge on any atom is -0.479 e. The van der Waals surface area contributed by atoms with E-state index < -0.39 is 12.2 Å². The number of carbonyl (C=O) groups excluding carboxylic acids is 4. The van der Waals surface area contributed by atoms with Crippen molar-refractivity contribution < 1.29 is 28.7 Å². The number of para-hydroxylation sites is 2. The number of anilines is 4. The average Bonchev–Trinajstić information content (AvgIpc) is 3.13. The average molecular weight is 748 g/mol. The van der Waals surface area contributed by atoms with Gasteiger partial charge in [0.25, 0.3) is 11.8 Å². The number of rotatable bonds is 19. The first kappa shape index (κ1) is 39.7. The zero-order valence-electron chi connectivity index (χ0n) is 29.3. The summed E-state index contributed by atoms with van der Waals surface area (Å²) in [7, 11) is 0. The van der Waals surface area contributed by atoms with Gasteiger partial charge in [-0.3, -0.25) is 19.2 Å². The molecule has 10 nitrogen and oxygen atoms in total. The van der Waals surface area contributed by atoms with Crippen LogP contribution in [0.15, 0.2) is 97.1 Å². The second kappa shape index (κ2) is 20.7.